The van der Waals surface area contributed by atoms with Crippen LogP contribution in [0.4, 0.5) is 0 Å². The molecule has 1 aromatic heterocycles. The molecule has 3 heterocycles. The number of halogens is 2. The molecule has 0 bridgehead atoms. The van der Waals surface area contributed by atoms with Gasteiger partial charge in [-0.25, -0.2) is 4.98 Å². The smallest absolute Gasteiger partial charge is 0.254 e. The Balaban J connectivity index is 1.58. The fraction of sp³-hybridized carbons (Fsp3) is 0.562. The maximum atomic E-state index is 12.6. The van der Waals surface area contributed by atoms with Crippen LogP contribution in [0.5, 0.6) is 0 Å². The number of ether oxygens (including phenoxy) is 1. The van der Waals surface area contributed by atoms with Gasteiger partial charge in [0.25, 0.3) is 5.91 Å². The molecule has 0 radical (unpaired) electrons. The SMILES string of the molecule is O=C(c1cc(Cl)nc(Cl)c1)N1CCC(C(=O)N2CCOCC2)CC1. The van der Waals surface area contributed by atoms with Gasteiger partial charge in [0.05, 0.1) is 13.2 Å². The highest BCUT2D eigenvalue weighted by atomic mass is 35.5. The number of amides is 2. The van der Waals surface area contributed by atoms with E-state index in [4.69, 9.17) is 27.9 Å². The van der Waals surface area contributed by atoms with Crippen LogP contribution in [0.3, 0.4) is 0 Å². The van der Waals surface area contributed by atoms with Gasteiger partial charge >= 0.3 is 0 Å². The standard InChI is InChI=1S/C16H19Cl2N3O3/c17-13-9-12(10-14(18)19-13)16(23)20-3-1-11(2-4-20)15(22)21-5-7-24-8-6-21/h9-11H,1-8H2. The zero-order chi connectivity index (χ0) is 17.1. The highest BCUT2D eigenvalue weighted by Crippen LogP contribution is 2.23. The zero-order valence-electron chi connectivity index (χ0n) is 13.2. The second-order valence-electron chi connectivity index (χ2n) is 6.01. The van der Waals surface area contributed by atoms with Crippen LogP contribution in [0.15, 0.2) is 12.1 Å². The molecule has 2 aliphatic heterocycles. The third-order valence-corrected chi connectivity index (χ3v) is 4.85. The monoisotopic (exact) mass is 371 g/mol. The van der Waals surface area contributed by atoms with Gasteiger partial charge in [0.2, 0.25) is 5.91 Å². The largest absolute Gasteiger partial charge is 0.378 e. The minimum absolute atomic E-state index is 0.0169. The van der Waals surface area contributed by atoms with Crippen LogP contribution >= 0.6 is 23.2 Å². The first-order valence-electron chi connectivity index (χ1n) is 8.03. The summed E-state index contributed by atoms with van der Waals surface area (Å²) in [6.45, 7) is 3.63. The minimum atomic E-state index is -0.126. The Bertz CT molecular complexity index is 607. The van der Waals surface area contributed by atoms with E-state index in [1.165, 1.54) is 12.1 Å². The molecule has 24 heavy (non-hydrogen) atoms. The van der Waals surface area contributed by atoms with Crippen molar-refractivity contribution in [2.45, 2.75) is 12.8 Å². The molecule has 2 aliphatic rings. The van der Waals surface area contributed by atoms with Gasteiger partial charge in [-0.1, -0.05) is 23.2 Å². The van der Waals surface area contributed by atoms with Crippen LogP contribution in [0.2, 0.25) is 10.3 Å². The molecule has 8 heteroatoms. The third-order valence-electron chi connectivity index (χ3n) is 4.46. The molecular formula is C16H19Cl2N3O3. The van der Waals surface area contributed by atoms with Crippen molar-refractivity contribution in [1.82, 2.24) is 14.8 Å². The number of carbonyl (C=O) groups is 2. The Hall–Kier alpha value is -1.37. The molecule has 130 valence electrons. The van der Waals surface area contributed by atoms with Crippen molar-refractivity contribution in [1.29, 1.82) is 0 Å². The van der Waals surface area contributed by atoms with Gasteiger partial charge < -0.3 is 14.5 Å². The zero-order valence-corrected chi connectivity index (χ0v) is 14.7. The van der Waals surface area contributed by atoms with Crippen LogP contribution < -0.4 is 0 Å². The average Bonchev–Trinajstić information content (AvgIpc) is 2.60. The van der Waals surface area contributed by atoms with Crippen LogP contribution in [-0.2, 0) is 9.53 Å². The van der Waals surface area contributed by atoms with Gasteiger partial charge in [0, 0.05) is 37.7 Å². The molecule has 0 N–H and O–H groups in total. The first kappa shape index (κ1) is 17.5. The molecule has 3 rings (SSSR count). The second kappa shape index (κ2) is 7.68. The lowest BCUT2D eigenvalue weighted by Crippen LogP contribution is -2.47. The number of pyridine rings is 1. The van der Waals surface area contributed by atoms with Crippen LogP contribution in [-0.4, -0.2) is 66.0 Å². The highest BCUT2D eigenvalue weighted by molar-refractivity contribution is 6.33. The number of piperidine rings is 1. The predicted octanol–water partition coefficient (Wildman–Crippen LogP) is 2.10. The Morgan fingerprint density at radius 2 is 1.58 bits per heavy atom. The molecular weight excluding hydrogens is 353 g/mol. The number of hydrogen-bond acceptors (Lipinski definition) is 4. The Morgan fingerprint density at radius 3 is 2.17 bits per heavy atom. The van der Waals surface area contributed by atoms with Crippen molar-refractivity contribution in [2.75, 3.05) is 39.4 Å². The van der Waals surface area contributed by atoms with E-state index in [0.717, 1.165) is 0 Å². The highest BCUT2D eigenvalue weighted by Gasteiger charge is 2.31. The van der Waals surface area contributed by atoms with E-state index < -0.39 is 0 Å². The summed E-state index contributed by atoms with van der Waals surface area (Å²) in [5.74, 6) is 0.0376. The van der Waals surface area contributed by atoms with E-state index in [1.807, 2.05) is 4.90 Å². The number of hydrogen-bond donors (Lipinski definition) is 0. The van der Waals surface area contributed by atoms with Crippen LogP contribution in [0, 0.1) is 5.92 Å². The summed E-state index contributed by atoms with van der Waals surface area (Å²) in [6.07, 6.45) is 1.35. The summed E-state index contributed by atoms with van der Waals surface area (Å²) in [5, 5.41) is 0.395. The number of rotatable bonds is 2. The van der Waals surface area contributed by atoms with Gasteiger partial charge in [-0.15, -0.1) is 0 Å². The third kappa shape index (κ3) is 3.99. The van der Waals surface area contributed by atoms with Gasteiger partial charge in [-0.3, -0.25) is 9.59 Å². The van der Waals surface area contributed by atoms with E-state index in [1.54, 1.807) is 4.90 Å². The average molecular weight is 372 g/mol. The fourth-order valence-corrected chi connectivity index (χ4v) is 3.60. The van der Waals surface area contributed by atoms with Crippen molar-refractivity contribution in [3.05, 3.63) is 28.0 Å². The maximum Gasteiger partial charge on any atom is 0.254 e. The van der Waals surface area contributed by atoms with Crippen molar-refractivity contribution in [3.63, 3.8) is 0 Å². The van der Waals surface area contributed by atoms with E-state index in [-0.39, 0.29) is 28.0 Å². The lowest BCUT2D eigenvalue weighted by Gasteiger charge is -2.35. The number of likely N-dealkylation sites (tertiary alicyclic amines) is 1. The summed E-state index contributed by atoms with van der Waals surface area (Å²) in [5.41, 5.74) is 0.429. The lowest BCUT2D eigenvalue weighted by molar-refractivity contribution is -0.141. The van der Waals surface area contributed by atoms with Gasteiger partial charge in [-0.2, -0.15) is 0 Å². The molecule has 0 atom stereocenters. The van der Waals surface area contributed by atoms with E-state index in [2.05, 4.69) is 4.98 Å². The topological polar surface area (TPSA) is 62.7 Å². The summed E-state index contributed by atoms with van der Waals surface area (Å²) in [6, 6.07) is 3.03. The van der Waals surface area contributed by atoms with Crippen molar-refractivity contribution >= 4 is 35.0 Å². The number of carbonyl (C=O) groups excluding carboxylic acids is 2. The quantitative estimate of drug-likeness (QED) is 0.746. The van der Waals surface area contributed by atoms with Gasteiger partial charge in [0.15, 0.2) is 0 Å². The first-order chi connectivity index (χ1) is 11.5. The second-order valence-corrected chi connectivity index (χ2v) is 6.78. The normalized spacial score (nSPS) is 19.4. The van der Waals surface area contributed by atoms with E-state index >= 15 is 0 Å². The summed E-state index contributed by atoms with van der Waals surface area (Å²) < 4.78 is 5.28. The van der Waals surface area contributed by atoms with Gasteiger partial charge in [0.1, 0.15) is 10.3 Å². The van der Waals surface area contributed by atoms with E-state index in [0.29, 0.717) is 57.8 Å². The Morgan fingerprint density at radius 1 is 1.00 bits per heavy atom. The minimum Gasteiger partial charge on any atom is -0.378 e. The molecule has 0 spiro atoms. The molecule has 1 aromatic rings. The Labute approximate surface area is 150 Å². The molecule has 2 saturated heterocycles. The molecule has 2 amide bonds. The summed E-state index contributed by atoms with van der Waals surface area (Å²) >= 11 is 11.7. The summed E-state index contributed by atoms with van der Waals surface area (Å²) in [7, 11) is 0. The van der Waals surface area contributed by atoms with Crippen LogP contribution in [0.1, 0.15) is 23.2 Å². The van der Waals surface area contributed by atoms with E-state index in [9.17, 15) is 9.59 Å². The predicted molar refractivity (Wildman–Crippen MR) is 90.3 cm³/mol. The summed E-state index contributed by atoms with van der Waals surface area (Å²) in [4.78, 5) is 32.5. The van der Waals surface area contributed by atoms with Crippen molar-refractivity contribution in [3.8, 4) is 0 Å². The maximum absolute atomic E-state index is 12.6. The molecule has 2 fully saturated rings. The van der Waals surface area contributed by atoms with Crippen molar-refractivity contribution in [2.24, 2.45) is 5.92 Å². The fourth-order valence-electron chi connectivity index (χ4n) is 3.14. The first-order valence-corrected chi connectivity index (χ1v) is 8.79. The Kier molecular flexibility index (Phi) is 5.58. The molecule has 0 unspecified atom stereocenters. The number of morpholine rings is 1. The lowest BCUT2D eigenvalue weighted by atomic mass is 9.94. The number of aromatic nitrogens is 1. The molecule has 0 aromatic carbocycles. The van der Waals surface area contributed by atoms with Crippen molar-refractivity contribution < 1.29 is 14.3 Å². The molecule has 6 nitrogen and oxygen atoms in total. The number of nitrogens with zero attached hydrogens (tertiary/aromatic N) is 3. The van der Waals surface area contributed by atoms with Crippen LogP contribution in [0.25, 0.3) is 0 Å². The van der Waals surface area contributed by atoms with Gasteiger partial charge in [-0.05, 0) is 25.0 Å². The molecule has 0 saturated carbocycles. The molecule has 0 aliphatic carbocycles.